The molecule has 0 saturated carbocycles. The Kier molecular flexibility index (Phi) is 5.49. The van der Waals surface area contributed by atoms with Crippen molar-refractivity contribution in [2.45, 2.75) is 51.4 Å². The van der Waals surface area contributed by atoms with Gasteiger partial charge in [-0.1, -0.05) is 67.6 Å². The first kappa shape index (κ1) is 18.7. The van der Waals surface area contributed by atoms with Gasteiger partial charge in [0.05, 0.1) is 0 Å². The maximum absolute atomic E-state index is 12.9. The third-order valence-electron chi connectivity index (χ3n) is 4.44. The van der Waals surface area contributed by atoms with Crippen LogP contribution in [-0.2, 0) is 9.16 Å². The molecule has 1 saturated heterocycles. The van der Waals surface area contributed by atoms with Crippen molar-refractivity contribution >= 4 is 14.4 Å². The van der Waals surface area contributed by atoms with Crippen LogP contribution < -0.4 is 0 Å². The average molecular weight is 370 g/mol. The molecule has 1 heterocycles. The monoisotopic (exact) mass is 369 g/mol. The van der Waals surface area contributed by atoms with Gasteiger partial charge in [0.15, 0.2) is 14.4 Å². The molecule has 1 aliphatic heterocycles. The van der Waals surface area contributed by atoms with E-state index in [1.807, 2.05) is 48.5 Å². The van der Waals surface area contributed by atoms with Gasteiger partial charge in [-0.3, -0.25) is 4.90 Å². The van der Waals surface area contributed by atoms with Gasteiger partial charge in [-0.15, -0.1) is 0 Å². The van der Waals surface area contributed by atoms with Gasteiger partial charge in [0, 0.05) is 0 Å². The average Bonchev–Trinajstić information content (AvgIpc) is 2.97. The van der Waals surface area contributed by atoms with E-state index in [9.17, 15) is 4.79 Å². The lowest BCUT2D eigenvalue weighted by Crippen LogP contribution is -2.45. The van der Waals surface area contributed by atoms with Crippen molar-refractivity contribution in [1.29, 1.82) is 0 Å². The first-order chi connectivity index (χ1) is 12.4. The maximum Gasteiger partial charge on any atom is 0.413 e. The molecule has 0 N–H and O–H groups in total. The van der Waals surface area contributed by atoms with Crippen LogP contribution in [0.2, 0.25) is 19.6 Å². The van der Waals surface area contributed by atoms with Gasteiger partial charge in [-0.05, 0) is 37.2 Å². The standard InChI is InChI=1S/C21H27NO3Si/c1-5-18(25-26(2,3)4)22-19(16-12-8-6-9-13-16)20(24-21(22)23)17-14-10-7-11-15-17/h6-15,18-20H,5H2,1-4H3/t18-,19+,20-/m0/s1. The van der Waals surface area contributed by atoms with Crippen LogP contribution in [0.3, 0.4) is 0 Å². The molecule has 0 unspecified atom stereocenters. The Bertz CT molecular complexity index is 730. The predicted octanol–water partition coefficient (Wildman–Crippen LogP) is 5.51. The molecule has 0 aliphatic carbocycles. The van der Waals surface area contributed by atoms with Crippen LogP contribution in [0.4, 0.5) is 4.79 Å². The molecule has 3 atom stereocenters. The van der Waals surface area contributed by atoms with Gasteiger partial charge in [0.1, 0.15) is 12.3 Å². The largest absolute Gasteiger partial charge is 0.439 e. The number of ether oxygens (including phenoxy) is 1. The zero-order chi connectivity index (χ0) is 18.7. The lowest BCUT2D eigenvalue weighted by molar-refractivity contribution is 0.0284. The van der Waals surface area contributed by atoms with Crippen molar-refractivity contribution in [2.24, 2.45) is 0 Å². The zero-order valence-electron chi connectivity index (χ0n) is 15.9. The van der Waals surface area contributed by atoms with E-state index in [-0.39, 0.29) is 24.5 Å². The fraction of sp³-hybridized carbons (Fsp3) is 0.381. The molecular weight excluding hydrogens is 342 g/mol. The number of amides is 1. The van der Waals surface area contributed by atoms with Crippen molar-refractivity contribution < 1.29 is 14.0 Å². The number of nitrogens with zero attached hydrogens (tertiary/aromatic N) is 1. The van der Waals surface area contributed by atoms with Crippen LogP contribution in [-0.4, -0.2) is 25.5 Å². The number of hydrogen-bond acceptors (Lipinski definition) is 3. The minimum atomic E-state index is -1.82. The van der Waals surface area contributed by atoms with E-state index in [1.165, 1.54) is 0 Å². The lowest BCUT2D eigenvalue weighted by atomic mass is 9.95. The summed E-state index contributed by atoms with van der Waals surface area (Å²) in [5, 5.41) is 0. The van der Waals surface area contributed by atoms with E-state index >= 15 is 0 Å². The third-order valence-corrected chi connectivity index (χ3v) is 5.42. The second-order valence-electron chi connectivity index (χ2n) is 7.57. The smallest absolute Gasteiger partial charge is 0.413 e. The van der Waals surface area contributed by atoms with Gasteiger partial charge in [0.2, 0.25) is 0 Å². The Morgan fingerprint density at radius 2 is 1.54 bits per heavy atom. The number of benzene rings is 2. The summed E-state index contributed by atoms with van der Waals surface area (Å²) >= 11 is 0. The fourth-order valence-electron chi connectivity index (χ4n) is 3.41. The molecule has 0 aromatic heterocycles. The number of carbonyl (C=O) groups is 1. The van der Waals surface area contributed by atoms with Gasteiger partial charge >= 0.3 is 6.09 Å². The van der Waals surface area contributed by atoms with Crippen molar-refractivity contribution in [1.82, 2.24) is 4.90 Å². The second kappa shape index (κ2) is 7.64. The quantitative estimate of drug-likeness (QED) is 0.630. The van der Waals surface area contributed by atoms with Crippen LogP contribution >= 0.6 is 0 Å². The number of carbonyl (C=O) groups excluding carboxylic acids is 1. The molecule has 1 aliphatic rings. The highest BCUT2D eigenvalue weighted by atomic mass is 28.4. The Hall–Kier alpha value is -2.11. The molecule has 0 spiro atoms. The minimum absolute atomic E-state index is 0.201. The first-order valence-corrected chi connectivity index (χ1v) is 12.6. The number of cyclic esters (lactones) is 1. The summed E-state index contributed by atoms with van der Waals surface area (Å²) in [5.41, 5.74) is 2.06. The molecule has 0 bridgehead atoms. The SMILES string of the molecule is CC[C@H](O[Si](C)(C)C)N1C(=O)O[C@@H](c2ccccc2)[C@H]1c1ccccc1. The van der Waals surface area contributed by atoms with E-state index < -0.39 is 8.32 Å². The van der Waals surface area contributed by atoms with Crippen LogP contribution in [0.1, 0.15) is 36.6 Å². The molecule has 1 fully saturated rings. The summed E-state index contributed by atoms with van der Waals surface area (Å²) in [6, 6.07) is 19.8. The van der Waals surface area contributed by atoms with Crippen molar-refractivity contribution in [2.75, 3.05) is 0 Å². The molecule has 0 radical (unpaired) electrons. The van der Waals surface area contributed by atoms with E-state index in [1.54, 1.807) is 4.90 Å². The maximum atomic E-state index is 12.9. The third kappa shape index (κ3) is 4.00. The van der Waals surface area contributed by atoms with Crippen LogP contribution in [0.15, 0.2) is 60.7 Å². The molecular formula is C21H27NO3Si. The molecule has 138 valence electrons. The van der Waals surface area contributed by atoms with Crippen molar-refractivity contribution in [3.8, 4) is 0 Å². The van der Waals surface area contributed by atoms with Crippen LogP contribution in [0, 0.1) is 0 Å². The topological polar surface area (TPSA) is 38.8 Å². The van der Waals surface area contributed by atoms with Gasteiger partial charge in [-0.25, -0.2) is 4.79 Å². The zero-order valence-corrected chi connectivity index (χ0v) is 16.9. The Morgan fingerprint density at radius 3 is 2.04 bits per heavy atom. The van der Waals surface area contributed by atoms with Crippen LogP contribution in [0.25, 0.3) is 0 Å². The summed E-state index contributed by atoms with van der Waals surface area (Å²) in [4.78, 5) is 14.7. The predicted molar refractivity (Wildman–Crippen MR) is 105 cm³/mol. The molecule has 2 aromatic rings. The van der Waals surface area contributed by atoms with E-state index in [0.717, 1.165) is 17.5 Å². The molecule has 3 rings (SSSR count). The van der Waals surface area contributed by atoms with E-state index in [4.69, 9.17) is 9.16 Å². The summed E-state index contributed by atoms with van der Waals surface area (Å²) < 4.78 is 12.2. The highest BCUT2D eigenvalue weighted by Crippen LogP contribution is 2.44. The first-order valence-electron chi connectivity index (χ1n) is 9.17. The molecule has 4 nitrogen and oxygen atoms in total. The second-order valence-corrected chi connectivity index (χ2v) is 12.0. The van der Waals surface area contributed by atoms with Gasteiger partial charge < -0.3 is 9.16 Å². The van der Waals surface area contributed by atoms with Crippen LogP contribution in [0.5, 0.6) is 0 Å². The van der Waals surface area contributed by atoms with Gasteiger partial charge in [-0.2, -0.15) is 0 Å². The Labute approximate surface area is 156 Å². The molecule has 1 amide bonds. The molecule has 5 heteroatoms. The highest BCUT2D eigenvalue weighted by molar-refractivity contribution is 6.69. The summed E-state index contributed by atoms with van der Waals surface area (Å²) in [7, 11) is -1.82. The minimum Gasteiger partial charge on any atom is -0.439 e. The van der Waals surface area contributed by atoms with Crippen molar-refractivity contribution in [3.05, 3.63) is 71.8 Å². The summed E-state index contributed by atoms with van der Waals surface area (Å²) in [6.45, 7) is 8.48. The Morgan fingerprint density at radius 1 is 1.00 bits per heavy atom. The molecule has 2 aromatic carbocycles. The number of rotatable bonds is 6. The number of hydrogen-bond donors (Lipinski definition) is 0. The fourth-order valence-corrected chi connectivity index (χ4v) is 4.51. The van der Waals surface area contributed by atoms with Gasteiger partial charge in [0.25, 0.3) is 0 Å². The summed E-state index contributed by atoms with van der Waals surface area (Å²) in [5.74, 6) is 0. The highest BCUT2D eigenvalue weighted by Gasteiger charge is 2.47. The van der Waals surface area contributed by atoms with E-state index in [2.05, 4.69) is 38.7 Å². The molecule has 26 heavy (non-hydrogen) atoms. The van der Waals surface area contributed by atoms with Crippen molar-refractivity contribution in [3.63, 3.8) is 0 Å². The summed E-state index contributed by atoms with van der Waals surface area (Å²) in [6.07, 6.45) is -0.208. The lowest BCUT2D eigenvalue weighted by Gasteiger charge is -2.35. The Balaban J connectivity index is 2.03. The normalized spacial score (nSPS) is 21.5. The van der Waals surface area contributed by atoms with E-state index in [0.29, 0.717) is 0 Å².